The number of rotatable bonds is 0. The predicted octanol–water partition coefficient (Wildman–Crippen LogP) is 3.71. The third kappa shape index (κ3) is 4.21. The number of nitrogens with zero attached hydrogens (tertiary/aromatic N) is 2. The van der Waals surface area contributed by atoms with Gasteiger partial charge < -0.3 is 9.64 Å². The van der Waals surface area contributed by atoms with Gasteiger partial charge in [0.2, 0.25) is 0 Å². The summed E-state index contributed by atoms with van der Waals surface area (Å²) < 4.78 is 5.48. The molecular weight excluding hydrogens is 276 g/mol. The van der Waals surface area contributed by atoms with Gasteiger partial charge >= 0.3 is 6.09 Å². The van der Waals surface area contributed by atoms with Crippen LogP contribution in [0.1, 0.15) is 58.5 Å². The van der Waals surface area contributed by atoms with Gasteiger partial charge in [-0.25, -0.2) is 4.79 Å². The van der Waals surface area contributed by atoms with Gasteiger partial charge in [-0.05, 0) is 38.8 Å². The van der Waals surface area contributed by atoms with Crippen LogP contribution in [0.2, 0.25) is 0 Å². The topological polar surface area (TPSA) is 42.4 Å². The highest BCUT2D eigenvalue weighted by Crippen LogP contribution is 2.23. The van der Waals surface area contributed by atoms with E-state index in [9.17, 15) is 4.79 Å². The van der Waals surface area contributed by atoms with Crippen LogP contribution in [-0.4, -0.2) is 34.7 Å². The Morgan fingerprint density at radius 2 is 1.73 bits per heavy atom. The molecule has 1 amide bonds. The molecule has 4 nitrogen and oxygen atoms in total. The summed E-state index contributed by atoms with van der Waals surface area (Å²) in [6.45, 7) is 13.6. The van der Waals surface area contributed by atoms with Crippen LogP contribution in [-0.2, 0) is 23.0 Å². The highest BCUT2D eigenvalue weighted by atomic mass is 16.6. The van der Waals surface area contributed by atoms with Crippen LogP contribution in [0.3, 0.4) is 0 Å². The molecule has 0 saturated carbocycles. The number of carbonyl (C=O) groups excluding carboxylic acids is 1. The molecule has 0 fully saturated rings. The Kier molecular flexibility index (Phi) is 4.50. The Hall–Kier alpha value is -1.58. The molecule has 0 saturated heterocycles. The summed E-state index contributed by atoms with van der Waals surface area (Å²) >= 11 is 0. The molecule has 0 aliphatic carbocycles. The zero-order chi connectivity index (χ0) is 16.5. The second kappa shape index (κ2) is 5.90. The molecule has 1 aromatic rings. The van der Waals surface area contributed by atoms with E-state index in [4.69, 9.17) is 9.72 Å². The van der Waals surface area contributed by atoms with Crippen molar-refractivity contribution in [3.8, 4) is 0 Å². The van der Waals surface area contributed by atoms with Crippen molar-refractivity contribution >= 4 is 6.09 Å². The van der Waals surface area contributed by atoms with Gasteiger partial charge in [0.1, 0.15) is 5.60 Å². The van der Waals surface area contributed by atoms with Gasteiger partial charge in [-0.3, -0.25) is 4.98 Å². The number of hydrogen-bond acceptors (Lipinski definition) is 3. The average Bonchev–Trinajstić information content (AvgIpc) is 2.57. The summed E-state index contributed by atoms with van der Waals surface area (Å²) in [6, 6.07) is 4.28. The molecule has 0 radical (unpaired) electrons. The number of ether oxygens (including phenoxy) is 1. The molecular formula is C18H28N2O2. The molecule has 1 aliphatic rings. The molecule has 0 atom stereocenters. The largest absolute Gasteiger partial charge is 0.444 e. The van der Waals surface area contributed by atoms with Gasteiger partial charge in [-0.15, -0.1) is 0 Å². The summed E-state index contributed by atoms with van der Waals surface area (Å²) in [5.74, 6) is 0. The smallest absolute Gasteiger partial charge is 0.410 e. The number of fused-ring (bicyclic) bond motifs is 1. The lowest BCUT2D eigenvalue weighted by Crippen LogP contribution is -2.38. The summed E-state index contributed by atoms with van der Waals surface area (Å²) in [4.78, 5) is 18.9. The summed E-state index contributed by atoms with van der Waals surface area (Å²) in [7, 11) is 0. The van der Waals surface area contributed by atoms with Crippen molar-refractivity contribution in [2.24, 2.45) is 0 Å². The fraction of sp³-hybridized carbons (Fsp3) is 0.667. The Morgan fingerprint density at radius 3 is 2.32 bits per heavy atom. The van der Waals surface area contributed by atoms with Gasteiger partial charge in [-0.2, -0.15) is 0 Å². The molecule has 1 aromatic heterocycles. The fourth-order valence-electron chi connectivity index (χ4n) is 2.51. The van der Waals surface area contributed by atoms with E-state index in [1.54, 1.807) is 4.90 Å². The number of amides is 1. The van der Waals surface area contributed by atoms with Crippen LogP contribution in [0.25, 0.3) is 0 Å². The molecule has 122 valence electrons. The van der Waals surface area contributed by atoms with E-state index >= 15 is 0 Å². The van der Waals surface area contributed by atoms with Gasteiger partial charge in [0.15, 0.2) is 0 Å². The first-order valence-corrected chi connectivity index (χ1v) is 8.03. The minimum atomic E-state index is -0.451. The molecule has 4 heteroatoms. The van der Waals surface area contributed by atoms with E-state index in [0.717, 1.165) is 24.2 Å². The maximum Gasteiger partial charge on any atom is 0.410 e. The van der Waals surface area contributed by atoms with Crippen LogP contribution in [0.15, 0.2) is 12.1 Å². The first-order valence-electron chi connectivity index (χ1n) is 8.03. The van der Waals surface area contributed by atoms with Crippen molar-refractivity contribution in [3.63, 3.8) is 0 Å². The van der Waals surface area contributed by atoms with Crippen LogP contribution < -0.4 is 0 Å². The quantitative estimate of drug-likeness (QED) is 0.733. The second-order valence-corrected chi connectivity index (χ2v) is 8.02. The highest BCUT2D eigenvalue weighted by Gasteiger charge is 2.25. The second-order valence-electron chi connectivity index (χ2n) is 8.02. The zero-order valence-corrected chi connectivity index (χ0v) is 14.7. The molecule has 0 N–H and O–H groups in total. The van der Waals surface area contributed by atoms with Gasteiger partial charge in [0.25, 0.3) is 0 Å². The van der Waals surface area contributed by atoms with Crippen LogP contribution in [0.4, 0.5) is 4.79 Å². The number of aromatic nitrogens is 1. The standard InChI is InChI=1S/C18H28N2O2/c1-17(2,3)15-8-7-13-9-11-20(12-10-14(13)19-15)16(21)22-18(4,5)6/h7-8H,9-12H2,1-6H3. The molecule has 0 spiro atoms. The molecule has 0 aromatic carbocycles. The lowest BCUT2D eigenvalue weighted by atomic mass is 9.90. The van der Waals surface area contributed by atoms with Crippen molar-refractivity contribution in [3.05, 3.63) is 29.1 Å². The minimum Gasteiger partial charge on any atom is -0.444 e. The lowest BCUT2D eigenvalue weighted by Gasteiger charge is -2.26. The first-order chi connectivity index (χ1) is 10.1. The Bertz CT molecular complexity index is 553. The zero-order valence-electron chi connectivity index (χ0n) is 14.7. The van der Waals surface area contributed by atoms with E-state index in [2.05, 4.69) is 32.9 Å². The molecule has 0 unspecified atom stereocenters. The van der Waals surface area contributed by atoms with E-state index in [1.165, 1.54) is 5.56 Å². The first kappa shape index (κ1) is 16.8. The van der Waals surface area contributed by atoms with Crippen LogP contribution in [0.5, 0.6) is 0 Å². The van der Waals surface area contributed by atoms with Gasteiger partial charge in [0, 0.05) is 36.3 Å². The van der Waals surface area contributed by atoms with Crippen LogP contribution >= 0.6 is 0 Å². The third-order valence-corrected chi connectivity index (χ3v) is 3.76. The predicted molar refractivity (Wildman–Crippen MR) is 88.2 cm³/mol. The molecule has 2 rings (SSSR count). The van der Waals surface area contributed by atoms with Gasteiger partial charge in [-0.1, -0.05) is 26.8 Å². The Balaban J connectivity index is 2.12. The van der Waals surface area contributed by atoms with E-state index in [-0.39, 0.29) is 11.5 Å². The van der Waals surface area contributed by atoms with Crippen molar-refractivity contribution in [2.75, 3.05) is 13.1 Å². The van der Waals surface area contributed by atoms with Crippen molar-refractivity contribution in [2.45, 2.75) is 65.4 Å². The van der Waals surface area contributed by atoms with E-state index in [0.29, 0.717) is 13.1 Å². The Morgan fingerprint density at radius 1 is 1.09 bits per heavy atom. The van der Waals surface area contributed by atoms with E-state index in [1.807, 2.05) is 20.8 Å². The minimum absolute atomic E-state index is 0.0478. The molecule has 1 aliphatic heterocycles. The summed E-state index contributed by atoms with van der Waals surface area (Å²) in [6.07, 6.45) is 1.40. The fourth-order valence-corrected chi connectivity index (χ4v) is 2.51. The number of hydrogen-bond donors (Lipinski definition) is 0. The maximum atomic E-state index is 12.2. The molecule has 0 bridgehead atoms. The summed E-state index contributed by atoms with van der Waals surface area (Å²) in [5.41, 5.74) is 3.08. The highest BCUT2D eigenvalue weighted by molar-refractivity contribution is 5.68. The molecule has 2 heterocycles. The third-order valence-electron chi connectivity index (χ3n) is 3.76. The maximum absolute atomic E-state index is 12.2. The van der Waals surface area contributed by atoms with Crippen molar-refractivity contribution in [1.29, 1.82) is 0 Å². The number of pyridine rings is 1. The average molecular weight is 304 g/mol. The number of carbonyl (C=O) groups is 1. The SMILES string of the molecule is CC(C)(C)OC(=O)N1CCc2ccc(C(C)(C)C)nc2CC1. The normalized spacial score (nSPS) is 16.0. The lowest BCUT2D eigenvalue weighted by molar-refractivity contribution is 0.0258. The van der Waals surface area contributed by atoms with Gasteiger partial charge in [0.05, 0.1) is 0 Å². The Labute approximate surface area is 133 Å². The molecule has 22 heavy (non-hydrogen) atoms. The monoisotopic (exact) mass is 304 g/mol. The summed E-state index contributed by atoms with van der Waals surface area (Å²) in [5, 5.41) is 0. The van der Waals surface area contributed by atoms with Crippen molar-refractivity contribution in [1.82, 2.24) is 9.88 Å². The van der Waals surface area contributed by atoms with E-state index < -0.39 is 5.60 Å². The van der Waals surface area contributed by atoms with Crippen molar-refractivity contribution < 1.29 is 9.53 Å². The van der Waals surface area contributed by atoms with Crippen LogP contribution in [0, 0.1) is 0 Å².